The Morgan fingerprint density at radius 2 is 1.58 bits per heavy atom. The molecule has 1 saturated heterocycles. The summed E-state index contributed by atoms with van der Waals surface area (Å²) < 4.78 is 53.2. The third-order valence-corrected chi connectivity index (χ3v) is 7.56. The lowest BCUT2D eigenvalue weighted by Gasteiger charge is -2.33. The second-order valence-electron chi connectivity index (χ2n) is 6.68. The molecule has 24 heavy (non-hydrogen) atoms. The van der Waals surface area contributed by atoms with Gasteiger partial charge >= 0.3 is 0 Å². The average molecular weight is 375 g/mol. The normalized spacial score (nSPS) is 20.3. The maximum Gasteiger partial charge on any atom is 0.243 e. The molecular formula is C16H26N2O4S2. The Labute approximate surface area is 145 Å². The average Bonchev–Trinajstić information content (AvgIpc) is 2.43. The van der Waals surface area contributed by atoms with Crippen LogP contribution in [0.4, 0.5) is 0 Å². The number of piperidine rings is 1. The van der Waals surface area contributed by atoms with Crippen molar-refractivity contribution >= 4 is 20.0 Å². The van der Waals surface area contributed by atoms with Crippen LogP contribution in [0.15, 0.2) is 11.0 Å². The molecule has 0 aliphatic carbocycles. The smallest absolute Gasteiger partial charge is 0.213 e. The zero-order valence-electron chi connectivity index (χ0n) is 14.9. The highest BCUT2D eigenvalue weighted by molar-refractivity contribution is 7.89. The third kappa shape index (κ3) is 3.99. The summed E-state index contributed by atoms with van der Waals surface area (Å²) in [5, 5.41) is 0. The van der Waals surface area contributed by atoms with Crippen molar-refractivity contribution in [3.63, 3.8) is 0 Å². The van der Waals surface area contributed by atoms with Crippen molar-refractivity contribution in [2.75, 3.05) is 19.3 Å². The fourth-order valence-electron chi connectivity index (χ4n) is 3.26. The number of sulfonamides is 2. The van der Waals surface area contributed by atoms with Gasteiger partial charge in [0.05, 0.1) is 11.2 Å². The molecule has 2 rings (SSSR count). The van der Waals surface area contributed by atoms with Crippen LogP contribution < -0.4 is 4.72 Å². The quantitative estimate of drug-likeness (QED) is 0.868. The summed E-state index contributed by atoms with van der Waals surface area (Å²) in [6, 6.07) is 1.61. The lowest BCUT2D eigenvalue weighted by atomic mass is 10.0. The van der Waals surface area contributed by atoms with Gasteiger partial charge in [-0.3, -0.25) is 0 Å². The molecular weight excluding hydrogens is 348 g/mol. The third-order valence-electron chi connectivity index (χ3n) is 4.66. The first-order valence-corrected chi connectivity index (χ1v) is 11.3. The summed E-state index contributed by atoms with van der Waals surface area (Å²) in [6.07, 6.45) is 2.37. The molecule has 1 atom stereocenters. The van der Waals surface area contributed by atoms with Crippen LogP contribution in [-0.2, 0) is 20.0 Å². The van der Waals surface area contributed by atoms with Crippen molar-refractivity contribution in [1.29, 1.82) is 0 Å². The Hall–Kier alpha value is -0.960. The van der Waals surface area contributed by atoms with Crippen molar-refractivity contribution in [2.24, 2.45) is 0 Å². The molecule has 1 fully saturated rings. The van der Waals surface area contributed by atoms with E-state index >= 15 is 0 Å². The van der Waals surface area contributed by atoms with E-state index in [1.807, 2.05) is 33.8 Å². The number of benzene rings is 1. The summed E-state index contributed by atoms with van der Waals surface area (Å²) in [4.78, 5) is 0.361. The standard InChI is InChI=1S/C16H26N2O4S2/c1-11-9-12(2)14(4)16(13(11)3)24(21,22)18-8-6-7-15(10-18)17-23(5,19)20/h9,15,17H,6-8,10H2,1-5H3. The zero-order chi connectivity index (χ0) is 18.3. The Balaban J connectivity index is 2.41. The van der Waals surface area contributed by atoms with Crippen LogP contribution >= 0.6 is 0 Å². The molecule has 1 aromatic carbocycles. The summed E-state index contributed by atoms with van der Waals surface area (Å²) in [5.74, 6) is 0. The van der Waals surface area contributed by atoms with E-state index in [9.17, 15) is 16.8 Å². The number of rotatable bonds is 4. The van der Waals surface area contributed by atoms with Crippen LogP contribution in [0.2, 0.25) is 0 Å². The molecule has 8 heteroatoms. The van der Waals surface area contributed by atoms with Gasteiger partial charge in [-0.2, -0.15) is 4.31 Å². The molecule has 1 heterocycles. The van der Waals surface area contributed by atoms with Crippen LogP contribution in [0.25, 0.3) is 0 Å². The van der Waals surface area contributed by atoms with E-state index in [1.165, 1.54) is 4.31 Å². The van der Waals surface area contributed by atoms with Crippen molar-refractivity contribution in [2.45, 2.75) is 51.5 Å². The molecule has 0 spiro atoms. The SMILES string of the molecule is Cc1cc(C)c(C)c(S(=O)(=O)N2CCCC(NS(C)(=O)=O)C2)c1C. The van der Waals surface area contributed by atoms with E-state index < -0.39 is 20.0 Å². The highest BCUT2D eigenvalue weighted by atomic mass is 32.2. The maximum atomic E-state index is 13.2. The van der Waals surface area contributed by atoms with Crippen LogP contribution in [-0.4, -0.2) is 46.5 Å². The highest BCUT2D eigenvalue weighted by Crippen LogP contribution is 2.30. The molecule has 0 radical (unpaired) electrons. The van der Waals surface area contributed by atoms with Crippen LogP contribution in [0.3, 0.4) is 0 Å². The van der Waals surface area contributed by atoms with Gasteiger partial charge in [-0.1, -0.05) is 6.07 Å². The van der Waals surface area contributed by atoms with Crippen molar-refractivity contribution in [3.05, 3.63) is 28.3 Å². The molecule has 1 unspecified atom stereocenters. The minimum Gasteiger partial charge on any atom is -0.213 e. The first-order chi connectivity index (χ1) is 10.9. The predicted octanol–water partition coefficient (Wildman–Crippen LogP) is 1.62. The van der Waals surface area contributed by atoms with Gasteiger partial charge in [-0.25, -0.2) is 21.6 Å². The predicted molar refractivity (Wildman–Crippen MR) is 95.2 cm³/mol. The Bertz CT molecular complexity index is 819. The monoisotopic (exact) mass is 374 g/mol. The van der Waals surface area contributed by atoms with E-state index in [1.54, 1.807) is 0 Å². The summed E-state index contributed by atoms with van der Waals surface area (Å²) >= 11 is 0. The first-order valence-electron chi connectivity index (χ1n) is 7.98. The lowest BCUT2D eigenvalue weighted by molar-refractivity contribution is 0.303. The second kappa shape index (κ2) is 6.74. The van der Waals surface area contributed by atoms with Crippen molar-refractivity contribution in [1.82, 2.24) is 9.03 Å². The van der Waals surface area contributed by atoms with Crippen molar-refractivity contribution < 1.29 is 16.8 Å². The van der Waals surface area contributed by atoms with E-state index in [0.29, 0.717) is 24.3 Å². The first kappa shape index (κ1) is 19.4. The molecule has 1 aliphatic rings. The molecule has 136 valence electrons. The van der Waals surface area contributed by atoms with Gasteiger partial charge in [0.15, 0.2) is 0 Å². The van der Waals surface area contributed by atoms with E-state index in [0.717, 1.165) is 28.5 Å². The van der Waals surface area contributed by atoms with E-state index in [2.05, 4.69) is 4.72 Å². The Kier molecular flexibility index (Phi) is 5.44. The number of hydrogen-bond donors (Lipinski definition) is 1. The van der Waals surface area contributed by atoms with Gasteiger partial charge in [0.1, 0.15) is 0 Å². The molecule has 0 aromatic heterocycles. The minimum atomic E-state index is -3.66. The van der Waals surface area contributed by atoms with Crippen molar-refractivity contribution in [3.8, 4) is 0 Å². The number of nitrogens with one attached hydrogen (secondary N) is 1. The highest BCUT2D eigenvalue weighted by Gasteiger charge is 2.33. The fraction of sp³-hybridized carbons (Fsp3) is 0.625. The molecule has 1 N–H and O–H groups in total. The minimum absolute atomic E-state index is 0.168. The van der Waals surface area contributed by atoms with Gasteiger partial charge < -0.3 is 0 Å². The molecule has 0 saturated carbocycles. The fourth-order valence-corrected chi connectivity index (χ4v) is 6.15. The van der Waals surface area contributed by atoms with Crippen LogP contribution in [0.1, 0.15) is 35.1 Å². The number of nitrogens with zero attached hydrogens (tertiary/aromatic N) is 1. The van der Waals surface area contributed by atoms with Gasteiger partial charge in [0, 0.05) is 19.1 Å². The molecule has 0 bridgehead atoms. The molecule has 6 nitrogen and oxygen atoms in total. The maximum absolute atomic E-state index is 13.2. The summed E-state index contributed by atoms with van der Waals surface area (Å²) in [6.45, 7) is 8.04. The van der Waals surface area contributed by atoms with E-state index in [4.69, 9.17) is 0 Å². The number of hydrogen-bond acceptors (Lipinski definition) is 4. The van der Waals surface area contributed by atoms with Crippen LogP contribution in [0, 0.1) is 27.7 Å². The lowest BCUT2D eigenvalue weighted by Crippen LogP contribution is -2.49. The van der Waals surface area contributed by atoms with Crippen LogP contribution in [0.5, 0.6) is 0 Å². The topological polar surface area (TPSA) is 83.6 Å². The molecule has 1 aromatic rings. The molecule has 0 amide bonds. The van der Waals surface area contributed by atoms with Gasteiger partial charge in [0.2, 0.25) is 20.0 Å². The number of aryl methyl sites for hydroxylation is 2. The van der Waals surface area contributed by atoms with Gasteiger partial charge in [-0.05, 0) is 62.8 Å². The van der Waals surface area contributed by atoms with Gasteiger partial charge in [0.25, 0.3) is 0 Å². The Morgan fingerprint density at radius 1 is 1.04 bits per heavy atom. The summed E-state index contributed by atoms with van der Waals surface area (Å²) in [5.41, 5.74) is 3.41. The molecule has 1 aliphatic heterocycles. The van der Waals surface area contributed by atoms with Gasteiger partial charge in [-0.15, -0.1) is 0 Å². The summed E-state index contributed by atoms with van der Waals surface area (Å²) in [7, 11) is -7.02. The largest absolute Gasteiger partial charge is 0.243 e. The Morgan fingerprint density at radius 3 is 2.08 bits per heavy atom. The van der Waals surface area contributed by atoms with E-state index in [-0.39, 0.29) is 12.6 Å². The second-order valence-corrected chi connectivity index (χ2v) is 10.3. The zero-order valence-corrected chi connectivity index (χ0v) is 16.5.